The van der Waals surface area contributed by atoms with Crippen LogP contribution in [0.15, 0.2) is 12.1 Å². The Bertz CT molecular complexity index is 434. The molecule has 0 aliphatic heterocycles. The molecule has 1 atom stereocenters. The minimum atomic E-state index is -1.05. The van der Waals surface area contributed by atoms with Crippen LogP contribution >= 0.6 is 11.3 Å². The van der Waals surface area contributed by atoms with Gasteiger partial charge < -0.3 is 9.84 Å². The lowest BCUT2D eigenvalue weighted by Gasteiger charge is -2.12. The van der Waals surface area contributed by atoms with Crippen LogP contribution in [0.3, 0.4) is 0 Å². The van der Waals surface area contributed by atoms with Crippen LogP contribution in [-0.4, -0.2) is 35.8 Å². The smallest absolute Gasteiger partial charge is 0.326 e. The van der Waals surface area contributed by atoms with Crippen LogP contribution in [0.4, 0.5) is 5.00 Å². The van der Waals surface area contributed by atoms with Gasteiger partial charge in [0.25, 0.3) is 0 Å². The van der Waals surface area contributed by atoms with Crippen LogP contribution in [0, 0.1) is 10.1 Å². The Hall–Kier alpha value is -1.51. The van der Waals surface area contributed by atoms with Crippen LogP contribution in [0.5, 0.6) is 0 Å². The lowest BCUT2D eigenvalue weighted by Crippen LogP contribution is -2.29. The first-order valence-electron chi connectivity index (χ1n) is 5.84. The fourth-order valence-electron chi connectivity index (χ4n) is 1.47. The Morgan fingerprint density at radius 3 is 2.89 bits per heavy atom. The minimum absolute atomic E-state index is 0.0580. The highest BCUT2D eigenvalue weighted by molar-refractivity contribution is 7.15. The van der Waals surface area contributed by atoms with Crippen LogP contribution in [0.2, 0.25) is 0 Å². The van der Waals surface area contributed by atoms with Gasteiger partial charge in [0, 0.05) is 24.2 Å². The van der Waals surface area contributed by atoms with Crippen LogP contribution in [0.25, 0.3) is 0 Å². The summed E-state index contributed by atoms with van der Waals surface area (Å²) in [6.45, 7) is 3.54. The number of thiophene rings is 1. The molecule has 0 radical (unpaired) electrons. The van der Waals surface area contributed by atoms with Crippen LogP contribution < -0.4 is 5.32 Å². The molecule has 1 rings (SSSR count). The highest BCUT2D eigenvalue weighted by atomic mass is 32.1. The predicted molar refractivity (Wildman–Crippen MR) is 70.5 cm³/mol. The molecule has 1 aromatic rings. The van der Waals surface area contributed by atoms with Gasteiger partial charge in [-0.25, -0.2) is 0 Å². The summed E-state index contributed by atoms with van der Waals surface area (Å²) in [5, 5.41) is 22.5. The quantitative estimate of drug-likeness (QED) is 0.408. The van der Waals surface area contributed by atoms with Crippen molar-refractivity contribution in [1.29, 1.82) is 0 Å². The number of nitrogens with zero attached hydrogens (tertiary/aromatic N) is 1. The number of carbonyl (C=O) groups is 1. The number of aliphatic carboxylic acids is 1. The molecule has 1 heterocycles. The minimum Gasteiger partial charge on any atom is -0.480 e. The SMILES string of the molecule is CCOCCCNC(C(=O)O)c1ccc([N+](=O)[O-])s1. The molecule has 1 unspecified atom stereocenters. The molecule has 0 aliphatic carbocycles. The average Bonchev–Trinajstić information content (AvgIpc) is 2.82. The number of carboxylic acid groups (broad SMARTS) is 1. The maximum absolute atomic E-state index is 11.1. The lowest BCUT2D eigenvalue weighted by molar-refractivity contribution is -0.380. The summed E-state index contributed by atoms with van der Waals surface area (Å²) in [5.41, 5.74) is 0. The average molecular weight is 288 g/mol. The third-order valence-electron chi connectivity index (χ3n) is 2.34. The van der Waals surface area contributed by atoms with Gasteiger partial charge in [-0.3, -0.25) is 20.2 Å². The number of carboxylic acids is 1. The molecule has 0 bridgehead atoms. The number of hydrogen-bond acceptors (Lipinski definition) is 6. The van der Waals surface area contributed by atoms with E-state index in [0.717, 1.165) is 11.3 Å². The normalized spacial score (nSPS) is 12.3. The number of nitro groups is 1. The van der Waals surface area contributed by atoms with Gasteiger partial charge in [-0.2, -0.15) is 0 Å². The summed E-state index contributed by atoms with van der Waals surface area (Å²) < 4.78 is 5.14. The second kappa shape index (κ2) is 7.82. The van der Waals surface area contributed by atoms with Crippen molar-refractivity contribution < 1.29 is 19.6 Å². The van der Waals surface area contributed by atoms with Gasteiger partial charge in [0.15, 0.2) is 0 Å². The van der Waals surface area contributed by atoms with E-state index in [1.165, 1.54) is 12.1 Å². The van der Waals surface area contributed by atoms with Crippen molar-refractivity contribution in [2.24, 2.45) is 0 Å². The maximum atomic E-state index is 11.1. The summed E-state index contributed by atoms with van der Waals surface area (Å²) in [6, 6.07) is 1.87. The van der Waals surface area contributed by atoms with Gasteiger partial charge in [0.1, 0.15) is 6.04 Å². The summed E-state index contributed by atoms with van der Waals surface area (Å²) in [6.07, 6.45) is 0.686. The molecule has 0 fully saturated rings. The van der Waals surface area contributed by atoms with E-state index < -0.39 is 16.9 Å². The fraction of sp³-hybridized carbons (Fsp3) is 0.545. The molecule has 0 aliphatic rings. The van der Waals surface area contributed by atoms with E-state index in [0.29, 0.717) is 31.1 Å². The highest BCUT2D eigenvalue weighted by Gasteiger charge is 2.23. The van der Waals surface area contributed by atoms with Gasteiger partial charge in [-0.1, -0.05) is 11.3 Å². The maximum Gasteiger partial charge on any atom is 0.326 e. The third kappa shape index (κ3) is 4.93. The molecule has 8 heteroatoms. The molecule has 1 aromatic heterocycles. The summed E-state index contributed by atoms with van der Waals surface area (Å²) in [7, 11) is 0. The van der Waals surface area contributed by atoms with Crippen molar-refractivity contribution in [3.63, 3.8) is 0 Å². The zero-order valence-corrected chi connectivity index (χ0v) is 11.3. The monoisotopic (exact) mass is 288 g/mol. The Morgan fingerprint density at radius 1 is 1.63 bits per heavy atom. The molecular weight excluding hydrogens is 272 g/mol. The molecule has 7 nitrogen and oxygen atoms in total. The zero-order chi connectivity index (χ0) is 14.3. The second-order valence-corrected chi connectivity index (χ2v) is 4.80. The first kappa shape index (κ1) is 15.5. The van der Waals surface area contributed by atoms with E-state index in [9.17, 15) is 14.9 Å². The van der Waals surface area contributed by atoms with Crippen molar-refractivity contribution in [3.8, 4) is 0 Å². The summed E-state index contributed by atoms with van der Waals surface area (Å²) in [4.78, 5) is 21.6. The van der Waals surface area contributed by atoms with Crippen LogP contribution in [-0.2, 0) is 9.53 Å². The molecule has 106 valence electrons. The van der Waals surface area contributed by atoms with Gasteiger partial charge in [0.2, 0.25) is 0 Å². The van der Waals surface area contributed by atoms with E-state index in [2.05, 4.69) is 5.32 Å². The Morgan fingerprint density at radius 2 is 2.37 bits per heavy atom. The standard InChI is InChI=1S/C11H16N2O5S/c1-2-18-7-3-6-12-10(11(14)15)8-4-5-9(19-8)13(16)17/h4-5,10,12H,2-3,6-7H2,1H3,(H,14,15). The van der Waals surface area contributed by atoms with Crippen molar-refractivity contribution >= 4 is 22.3 Å². The van der Waals surface area contributed by atoms with Crippen molar-refractivity contribution in [1.82, 2.24) is 5.32 Å². The van der Waals surface area contributed by atoms with Crippen molar-refractivity contribution in [3.05, 3.63) is 27.1 Å². The largest absolute Gasteiger partial charge is 0.480 e. The van der Waals surface area contributed by atoms with E-state index in [1.54, 1.807) is 0 Å². The molecule has 0 aromatic carbocycles. The molecule has 19 heavy (non-hydrogen) atoms. The highest BCUT2D eigenvalue weighted by Crippen LogP contribution is 2.28. The molecule has 0 spiro atoms. The second-order valence-electron chi connectivity index (χ2n) is 3.71. The molecule has 0 saturated heterocycles. The molecular formula is C11H16N2O5S. The Labute approximate surface area is 114 Å². The fourth-order valence-corrected chi connectivity index (χ4v) is 2.36. The van der Waals surface area contributed by atoms with E-state index in [4.69, 9.17) is 9.84 Å². The number of hydrogen-bond donors (Lipinski definition) is 2. The Balaban J connectivity index is 2.56. The van der Waals surface area contributed by atoms with E-state index in [-0.39, 0.29) is 5.00 Å². The molecule has 0 amide bonds. The molecule has 0 saturated carbocycles. The topological polar surface area (TPSA) is 102 Å². The summed E-state index contributed by atoms with van der Waals surface area (Å²) >= 11 is 0.872. The van der Waals surface area contributed by atoms with E-state index in [1.807, 2.05) is 6.92 Å². The lowest BCUT2D eigenvalue weighted by atomic mass is 10.2. The zero-order valence-electron chi connectivity index (χ0n) is 10.5. The van der Waals surface area contributed by atoms with Crippen LogP contribution in [0.1, 0.15) is 24.3 Å². The van der Waals surface area contributed by atoms with Crippen molar-refractivity contribution in [2.75, 3.05) is 19.8 Å². The first-order chi connectivity index (χ1) is 9.06. The van der Waals surface area contributed by atoms with Gasteiger partial charge in [-0.15, -0.1) is 0 Å². The molecule has 2 N–H and O–H groups in total. The van der Waals surface area contributed by atoms with Gasteiger partial charge in [-0.05, 0) is 26.0 Å². The Kier molecular flexibility index (Phi) is 6.40. The number of rotatable bonds is 9. The number of nitrogens with one attached hydrogen (secondary N) is 1. The van der Waals surface area contributed by atoms with Gasteiger partial charge in [0.05, 0.1) is 4.92 Å². The predicted octanol–water partition coefficient (Wildman–Crippen LogP) is 1.80. The summed E-state index contributed by atoms with van der Waals surface area (Å²) in [5.74, 6) is -1.05. The third-order valence-corrected chi connectivity index (χ3v) is 3.44. The number of ether oxygens (including phenoxy) is 1. The van der Waals surface area contributed by atoms with Gasteiger partial charge >= 0.3 is 11.0 Å². The van der Waals surface area contributed by atoms with Crippen molar-refractivity contribution in [2.45, 2.75) is 19.4 Å². The first-order valence-corrected chi connectivity index (χ1v) is 6.66. The van der Waals surface area contributed by atoms with E-state index >= 15 is 0 Å².